The first-order valence-corrected chi connectivity index (χ1v) is 10.1. The zero-order valence-electron chi connectivity index (χ0n) is 17.5. The summed E-state index contributed by atoms with van der Waals surface area (Å²) in [4.78, 5) is 17.2. The van der Waals surface area contributed by atoms with Crippen molar-refractivity contribution < 1.29 is 14.3 Å². The van der Waals surface area contributed by atoms with E-state index in [1.54, 1.807) is 13.1 Å². The SMILES string of the molecule is CCCCOc1ccc(NC(=O)[C@@H](C)Oc2cccc(C)c2C)c2cccnc12. The van der Waals surface area contributed by atoms with Crippen molar-refractivity contribution in [2.45, 2.75) is 46.6 Å². The molecular weight excluding hydrogens is 364 g/mol. The maximum Gasteiger partial charge on any atom is 0.265 e. The minimum atomic E-state index is -0.636. The molecular formula is C24H28N2O3. The fourth-order valence-electron chi connectivity index (χ4n) is 3.03. The van der Waals surface area contributed by atoms with Gasteiger partial charge in [-0.3, -0.25) is 9.78 Å². The van der Waals surface area contributed by atoms with E-state index in [0.29, 0.717) is 12.3 Å². The number of hydrogen-bond donors (Lipinski definition) is 1. The van der Waals surface area contributed by atoms with Crippen molar-refractivity contribution in [1.29, 1.82) is 0 Å². The van der Waals surface area contributed by atoms with Gasteiger partial charge in [-0.05, 0) is 68.7 Å². The van der Waals surface area contributed by atoms with Crippen LogP contribution in [0.4, 0.5) is 5.69 Å². The van der Waals surface area contributed by atoms with Gasteiger partial charge in [0.05, 0.1) is 12.3 Å². The first-order valence-electron chi connectivity index (χ1n) is 10.1. The van der Waals surface area contributed by atoms with Gasteiger partial charge in [0.15, 0.2) is 6.10 Å². The van der Waals surface area contributed by atoms with Gasteiger partial charge in [-0.25, -0.2) is 0 Å². The summed E-state index contributed by atoms with van der Waals surface area (Å²) >= 11 is 0. The summed E-state index contributed by atoms with van der Waals surface area (Å²) in [6.07, 6.45) is 3.15. The smallest absolute Gasteiger partial charge is 0.265 e. The number of ether oxygens (including phenoxy) is 2. The van der Waals surface area contributed by atoms with Crippen molar-refractivity contribution in [1.82, 2.24) is 4.98 Å². The van der Waals surface area contributed by atoms with Crippen molar-refractivity contribution in [3.05, 3.63) is 59.8 Å². The number of unbranched alkanes of at least 4 members (excludes halogenated alkanes) is 1. The Morgan fingerprint density at radius 1 is 1.10 bits per heavy atom. The maximum absolute atomic E-state index is 12.8. The Morgan fingerprint density at radius 3 is 2.72 bits per heavy atom. The topological polar surface area (TPSA) is 60.5 Å². The molecule has 5 heteroatoms. The molecule has 29 heavy (non-hydrogen) atoms. The number of benzene rings is 2. The number of carbonyl (C=O) groups is 1. The summed E-state index contributed by atoms with van der Waals surface area (Å²) in [7, 11) is 0. The highest BCUT2D eigenvalue weighted by Crippen LogP contribution is 2.30. The van der Waals surface area contributed by atoms with E-state index in [9.17, 15) is 4.79 Å². The second-order valence-electron chi connectivity index (χ2n) is 7.16. The summed E-state index contributed by atoms with van der Waals surface area (Å²) in [5.41, 5.74) is 3.60. The number of nitrogens with zero attached hydrogens (tertiary/aromatic N) is 1. The van der Waals surface area contributed by atoms with Crippen LogP contribution in [0, 0.1) is 13.8 Å². The number of pyridine rings is 1. The zero-order valence-corrected chi connectivity index (χ0v) is 17.5. The summed E-state index contributed by atoms with van der Waals surface area (Å²) in [5.74, 6) is 1.24. The van der Waals surface area contributed by atoms with Crippen molar-refractivity contribution in [3.63, 3.8) is 0 Å². The van der Waals surface area contributed by atoms with Gasteiger partial charge in [0.1, 0.15) is 17.0 Å². The first-order chi connectivity index (χ1) is 14.0. The molecule has 1 aromatic heterocycles. The first kappa shape index (κ1) is 20.6. The number of rotatable bonds is 8. The number of aryl methyl sites for hydroxylation is 1. The molecule has 0 radical (unpaired) electrons. The Morgan fingerprint density at radius 2 is 1.93 bits per heavy atom. The molecule has 1 N–H and O–H groups in total. The lowest BCUT2D eigenvalue weighted by molar-refractivity contribution is -0.122. The second kappa shape index (κ2) is 9.41. The number of fused-ring (bicyclic) bond motifs is 1. The van der Waals surface area contributed by atoms with Gasteiger partial charge < -0.3 is 14.8 Å². The summed E-state index contributed by atoms with van der Waals surface area (Å²) in [6, 6.07) is 13.3. The zero-order chi connectivity index (χ0) is 20.8. The molecule has 5 nitrogen and oxygen atoms in total. The predicted molar refractivity (Wildman–Crippen MR) is 117 cm³/mol. The standard InChI is InChI=1S/C24H28N2O3/c1-5-6-15-28-22-13-12-20(19-10-8-14-25-23(19)22)26-24(27)18(4)29-21-11-7-9-16(2)17(21)3/h7-14,18H,5-6,15H2,1-4H3,(H,26,27)/t18-/m1/s1. The van der Waals surface area contributed by atoms with E-state index in [1.807, 2.05) is 56.3 Å². The van der Waals surface area contributed by atoms with Crippen LogP contribution in [0.5, 0.6) is 11.5 Å². The van der Waals surface area contributed by atoms with Crippen LogP contribution in [0.2, 0.25) is 0 Å². The van der Waals surface area contributed by atoms with Gasteiger partial charge >= 0.3 is 0 Å². The van der Waals surface area contributed by atoms with Crippen LogP contribution in [0.15, 0.2) is 48.7 Å². The molecule has 1 heterocycles. The van der Waals surface area contributed by atoms with E-state index >= 15 is 0 Å². The fraction of sp³-hybridized carbons (Fsp3) is 0.333. The van der Waals surface area contributed by atoms with Gasteiger partial charge in [-0.2, -0.15) is 0 Å². The molecule has 3 rings (SSSR count). The number of amides is 1. The Kier molecular flexibility index (Phi) is 6.70. The molecule has 3 aromatic rings. The number of hydrogen-bond acceptors (Lipinski definition) is 4. The molecule has 0 unspecified atom stereocenters. The quantitative estimate of drug-likeness (QED) is 0.519. The van der Waals surface area contributed by atoms with Crippen LogP contribution in [-0.4, -0.2) is 23.6 Å². The highest BCUT2D eigenvalue weighted by atomic mass is 16.5. The van der Waals surface area contributed by atoms with Crippen LogP contribution in [0.1, 0.15) is 37.8 Å². The van der Waals surface area contributed by atoms with Crippen LogP contribution < -0.4 is 14.8 Å². The largest absolute Gasteiger partial charge is 0.491 e. The number of nitrogens with one attached hydrogen (secondary N) is 1. The average Bonchev–Trinajstić information content (AvgIpc) is 2.73. The third-order valence-electron chi connectivity index (χ3n) is 4.97. The molecule has 0 aliphatic rings. The fourth-order valence-corrected chi connectivity index (χ4v) is 3.03. The van der Waals surface area contributed by atoms with Gasteiger partial charge in [0, 0.05) is 11.6 Å². The van der Waals surface area contributed by atoms with Crippen molar-refractivity contribution in [2.24, 2.45) is 0 Å². The lowest BCUT2D eigenvalue weighted by atomic mass is 10.1. The number of carbonyl (C=O) groups excluding carboxylic acids is 1. The lowest BCUT2D eigenvalue weighted by Gasteiger charge is -2.18. The van der Waals surface area contributed by atoms with Crippen LogP contribution in [-0.2, 0) is 4.79 Å². The molecule has 0 saturated heterocycles. The van der Waals surface area contributed by atoms with Crippen molar-refractivity contribution >= 4 is 22.5 Å². The Balaban J connectivity index is 1.77. The highest BCUT2D eigenvalue weighted by molar-refractivity contribution is 6.04. The molecule has 1 amide bonds. The Labute approximate surface area is 172 Å². The normalized spacial score (nSPS) is 11.9. The molecule has 0 aliphatic heterocycles. The summed E-state index contributed by atoms with van der Waals surface area (Å²) in [5, 5.41) is 3.82. The second-order valence-corrected chi connectivity index (χ2v) is 7.16. The van der Waals surface area contributed by atoms with E-state index in [4.69, 9.17) is 9.47 Å². The highest BCUT2D eigenvalue weighted by Gasteiger charge is 2.18. The van der Waals surface area contributed by atoms with E-state index in [-0.39, 0.29) is 5.91 Å². The maximum atomic E-state index is 12.8. The molecule has 0 fully saturated rings. The van der Waals surface area contributed by atoms with E-state index in [0.717, 1.165) is 46.4 Å². The Hall–Kier alpha value is -3.08. The van der Waals surface area contributed by atoms with Crippen LogP contribution in [0.3, 0.4) is 0 Å². The monoisotopic (exact) mass is 392 g/mol. The molecule has 2 aromatic carbocycles. The van der Waals surface area contributed by atoms with Gasteiger partial charge in [-0.15, -0.1) is 0 Å². The van der Waals surface area contributed by atoms with Gasteiger partial charge in [0.2, 0.25) is 0 Å². The third-order valence-corrected chi connectivity index (χ3v) is 4.97. The number of aromatic nitrogens is 1. The average molecular weight is 392 g/mol. The van der Waals surface area contributed by atoms with Gasteiger partial charge in [0.25, 0.3) is 5.91 Å². The molecule has 0 bridgehead atoms. The van der Waals surface area contributed by atoms with E-state index in [1.165, 1.54) is 0 Å². The van der Waals surface area contributed by atoms with Crippen molar-refractivity contribution in [2.75, 3.05) is 11.9 Å². The van der Waals surface area contributed by atoms with E-state index in [2.05, 4.69) is 17.2 Å². The Bertz CT molecular complexity index is 1000. The molecule has 0 aliphatic carbocycles. The number of anilines is 1. The lowest BCUT2D eigenvalue weighted by Crippen LogP contribution is -2.30. The molecule has 152 valence electrons. The predicted octanol–water partition coefficient (Wildman–Crippen LogP) is 5.44. The summed E-state index contributed by atoms with van der Waals surface area (Å²) in [6.45, 7) is 8.54. The van der Waals surface area contributed by atoms with Crippen molar-refractivity contribution in [3.8, 4) is 11.5 Å². The van der Waals surface area contributed by atoms with Crippen LogP contribution in [0.25, 0.3) is 10.9 Å². The molecule has 0 saturated carbocycles. The molecule has 1 atom stereocenters. The van der Waals surface area contributed by atoms with E-state index < -0.39 is 6.10 Å². The van der Waals surface area contributed by atoms with Crippen LogP contribution >= 0.6 is 0 Å². The minimum Gasteiger partial charge on any atom is -0.491 e. The third kappa shape index (κ3) is 4.86. The minimum absolute atomic E-state index is 0.212. The summed E-state index contributed by atoms with van der Waals surface area (Å²) < 4.78 is 11.8. The van der Waals surface area contributed by atoms with Gasteiger partial charge in [-0.1, -0.05) is 25.5 Å². The molecule has 0 spiro atoms.